The molecule has 0 spiro atoms. The molecule has 2 N–H and O–H groups in total. The standard InChI is InChI=1S/C10H21N/c1-7-8(2)10(3,4)6-5-9(7)11/h7-9H,5-6,11H2,1-4H3. The van der Waals surface area contributed by atoms with Crippen LogP contribution in [0.3, 0.4) is 0 Å². The van der Waals surface area contributed by atoms with Crippen molar-refractivity contribution in [3.05, 3.63) is 0 Å². The molecule has 1 heteroatoms. The Bertz CT molecular complexity index is 140. The van der Waals surface area contributed by atoms with E-state index in [1.54, 1.807) is 0 Å². The summed E-state index contributed by atoms with van der Waals surface area (Å²) in [6, 6.07) is 0.443. The van der Waals surface area contributed by atoms with Crippen molar-refractivity contribution >= 4 is 0 Å². The maximum Gasteiger partial charge on any atom is 0.00674 e. The van der Waals surface area contributed by atoms with Gasteiger partial charge in [-0.05, 0) is 30.1 Å². The minimum Gasteiger partial charge on any atom is -0.327 e. The summed E-state index contributed by atoms with van der Waals surface area (Å²) in [6.07, 6.45) is 2.50. The zero-order chi connectivity index (χ0) is 8.65. The summed E-state index contributed by atoms with van der Waals surface area (Å²) in [5, 5.41) is 0. The van der Waals surface area contributed by atoms with Gasteiger partial charge in [0.15, 0.2) is 0 Å². The summed E-state index contributed by atoms with van der Waals surface area (Å²) in [5.41, 5.74) is 6.50. The zero-order valence-corrected chi connectivity index (χ0v) is 8.22. The lowest BCUT2D eigenvalue weighted by atomic mass is 9.63. The molecule has 0 aromatic carbocycles. The second kappa shape index (κ2) is 2.78. The van der Waals surface area contributed by atoms with Crippen LogP contribution in [0.4, 0.5) is 0 Å². The Morgan fingerprint density at radius 1 is 1.27 bits per heavy atom. The molecule has 0 aliphatic heterocycles. The van der Waals surface area contributed by atoms with Gasteiger partial charge in [-0.3, -0.25) is 0 Å². The number of rotatable bonds is 0. The molecule has 0 bridgehead atoms. The monoisotopic (exact) mass is 155 g/mol. The predicted molar refractivity (Wildman–Crippen MR) is 49.3 cm³/mol. The van der Waals surface area contributed by atoms with Crippen molar-refractivity contribution in [3.8, 4) is 0 Å². The van der Waals surface area contributed by atoms with Crippen LogP contribution >= 0.6 is 0 Å². The summed E-state index contributed by atoms with van der Waals surface area (Å²) in [7, 11) is 0. The van der Waals surface area contributed by atoms with E-state index in [1.165, 1.54) is 12.8 Å². The third kappa shape index (κ3) is 1.58. The maximum atomic E-state index is 5.99. The van der Waals surface area contributed by atoms with E-state index >= 15 is 0 Å². The number of nitrogens with two attached hydrogens (primary N) is 1. The fourth-order valence-corrected chi connectivity index (χ4v) is 2.11. The Morgan fingerprint density at radius 2 is 1.82 bits per heavy atom. The molecule has 0 radical (unpaired) electrons. The van der Waals surface area contributed by atoms with Gasteiger partial charge in [-0.15, -0.1) is 0 Å². The fraction of sp³-hybridized carbons (Fsp3) is 1.00. The molecule has 1 saturated carbocycles. The highest BCUT2D eigenvalue weighted by atomic mass is 14.7. The average Bonchev–Trinajstić information content (AvgIpc) is 1.95. The van der Waals surface area contributed by atoms with Gasteiger partial charge < -0.3 is 5.73 Å². The fourth-order valence-electron chi connectivity index (χ4n) is 2.11. The molecule has 0 heterocycles. The molecular formula is C10H21N. The molecule has 0 aromatic heterocycles. The summed E-state index contributed by atoms with van der Waals surface area (Å²) < 4.78 is 0. The van der Waals surface area contributed by atoms with Crippen molar-refractivity contribution in [2.24, 2.45) is 23.0 Å². The maximum absolute atomic E-state index is 5.99. The van der Waals surface area contributed by atoms with Crippen molar-refractivity contribution in [1.29, 1.82) is 0 Å². The Labute approximate surface area is 70.4 Å². The predicted octanol–water partition coefficient (Wildman–Crippen LogP) is 2.41. The van der Waals surface area contributed by atoms with E-state index in [0.29, 0.717) is 17.4 Å². The highest BCUT2D eigenvalue weighted by Gasteiger charge is 2.37. The third-order valence-electron chi connectivity index (χ3n) is 3.82. The lowest BCUT2D eigenvalue weighted by Gasteiger charge is -2.44. The molecule has 1 fully saturated rings. The molecule has 1 rings (SSSR count). The van der Waals surface area contributed by atoms with Gasteiger partial charge in [-0.25, -0.2) is 0 Å². The molecule has 3 atom stereocenters. The minimum atomic E-state index is 0.443. The number of hydrogen-bond donors (Lipinski definition) is 1. The van der Waals surface area contributed by atoms with Crippen LogP contribution in [0.2, 0.25) is 0 Å². The Hall–Kier alpha value is -0.0400. The molecule has 0 saturated heterocycles. The summed E-state index contributed by atoms with van der Waals surface area (Å²) >= 11 is 0. The SMILES string of the molecule is CC1C(N)CCC(C)(C)C1C. The largest absolute Gasteiger partial charge is 0.327 e. The summed E-state index contributed by atoms with van der Waals surface area (Å²) in [6.45, 7) is 9.35. The molecule has 11 heavy (non-hydrogen) atoms. The first-order valence-electron chi connectivity index (χ1n) is 4.71. The van der Waals surface area contributed by atoms with Crippen molar-refractivity contribution in [2.75, 3.05) is 0 Å². The van der Waals surface area contributed by atoms with Gasteiger partial charge in [0.1, 0.15) is 0 Å². The van der Waals surface area contributed by atoms with E-state index in [4.69, 9.17) is 5.73 Å². The van der Waals surface area contributed by atoms with Gasteiger partial charge in [-0.2, -0.15) is 0 Å². The third-order valence-corrected chi connectivity index (χ3v) is 3.82. The van der Waals surface area contributed by atoms with Crippen molar-refractivity contribution in [3.63, 3.8) is 0 Å². The van der Waals surface area contributed by atoms with Crippen molar-refractivity contribution < 1.29 is 0 Å². The van der Waals surface area contributed by atoms with Crippen molar-refractivity contribution in [1.82, 2.24) is 0 Å². The van der Waals surface area contributed by atoms with E-state index in [9.17, 15) is 0 Å². The van der Waals surface area contributed by atoms with E-state index < -0.39 is 0 Å². The van der Waals surface area contributed by atoms with Crippen LogP contribution in [0, 0.1) is 17.3 Å². The van der Waals surface area contributed by atoms with E-state index in [0.717, 1.165) is 5.92 Å². The first-order chi connectivity index (χ1) is 4.95. The molecular weight excluding hydrogens is 134 g/mol. The molecule has 1 aliphatic rings. The lowest BCUT2D eigenvalue weighted by Crippen LogP contribution is -2.43. The van der Waals surface area contributed by atoms with Crippen LogP contribution in [0.15, 0.2) is 0 Å². The highest BCUT2D eigenvalue weighted by Crippen LogP contribution is 2.42. The van der Waals surface area contributed by atoms with Gasteiger partial charge in [-0.1, -0.05) is 27.7 Å². The van der Waals surface area contributed by atoms with Gasteiger partial charge in [0, 0.05) is 6.04 Å². The lowest BCUT2D eigenvalue weighted by molar-refractivity contribution is 0.0826. The molecule has 0 amide bonds. The van der Waals surface area contributed by atoms with Gasteiger partial charge >= 0.3 is 0 Å². The van der Waals surface area contributed by atoms with Crippen LogP contribution in [-0.4, -0.2) is 6.04 Å². The summed E-state index contributed by atoms with van der Waals surface area (Å²) in [4.78, 5) is 0. The normalized spacial score (nSPS) is 43.9. The first kappa shape index (κ1) is 9.05. The van der Waals surface area contributed by atoms with E-state index in [2.05, 4.69) is 27.7 Å². The van der Waals surface area contributed by atoms with Crippen LogP contribution in [0.5, 0.6) is 0 Å². The molecule has 1 nitrogen and oxygen atoms in total. The van der Waals surface area contributed by atoms with Gasteiger partial charge in [0.25, 0.3) is 0 Å². The second-order valence-electron chi connectivity index (χ2n) is 4.84. The Morgan fingerprint density at radius 3 is 2.27 bits per heavy atom. The van der Waals surface area contributed by atoms with Crippen LogP contribution in [0.1, 0.15) is 40.5 Å². The van der Waals surface area contributed by atoms with Crippen molar-refractivity contribution in [2.45, 2.75) is 46.6 Å². The molecule has 66 valence electrons. The Kier molecular flexibility index (Phi) is 2.29. The van der Waals surface area contributed by atoms with E-state index in [-0.39, 0.29) is 0 Å². The molecule has 3 unspecified atom stereocenters. The van der Waals surface area contributed by atoms with Crippen LogP contribution < -0.4 is 5.73 Å². The van der Waals surface area contributed by atoms with Gasteiger partial charge in [0.2, 0.25) is 0 Å². The minimum absolute atomic E-state index is 0.443. The van der Waals surface area contributed by atoms with Crippen LogP contribution in [0.25, 0.3) is 0 Å². The highest BCUT2D eigenvalue weighted by molar-refractivity contribution is 4.89. The molecule has 0 aromatic rings. The average molecular weight is 155 g/mol. The number of hydrogen-bond acceptors (Lipinski definition) is 1. The topological polar surface area (TPSA) is 26.0 Å². The zero-order valence-electron chi connectivity index (χ0n) is 8.22. The Balaban J connectivity index is 2.67. The van der Waals surface area contributed by atoms with E-state index in [1.807, 2.05) is 0 Å². The first-order valence-corrected chi connectivity index (χ1v) is 4.71. The molecule has 1 aliphatic carbocycles. The summed E-state index contributed by atoms with van der Waals surface area (Å²) in [5.74, 6) is 1.46. The second-order valence-corrected chi connectivity index (χ2v) is 4.84. The van der Waals surface area contributed by atoms with Crippen LogP contribution in [-0.2, 0) is 0 Å². The van der Waals surface area contributed by atoms with Gasteiger partial charge in [0.05, 0.1) is 0 Å². The smallest absolute Gasteiger partial charge is 0.00674 e. The quantitative estimate of drug-likeness (QED) is 0.571.